The number of rotatable bonds is 1. The zero-order chi connectivity index (χ0) is 12.6. The van der Waals surface area contributed by atoms with Gasteiger partial charge in [0, 0.05) is 18.6 Å². The second-order valence-electron chi connectivity index (χ2n) is 5.35. The van der Waals surface area contributed by atoms with E-state index in [4.69, 9.17) is 9.47 Å². The van der Waals surface area contributed by atoms with Crippen molar-refractivity contribution in [2.45, 2.75) is 37.2 Å². The van der Waals surface area contributed by atoms with Gasteiger partial charge in [0.2, 0.25) is 0 Å². The lowest BCUT2D eigenvalue weighted by atomic mass is 9.64. The number of benzene rings is 1. The van der Waals surface area contributed by atoms with E-state index in [1.54, 1.807) is 7.11 Å². The van der Waals surface area contributed by atoms with E-state index in [2.05, 4.69) is 12.1 Å². The summed E-state index contributed by atoms with van der Waals surface area (Å²) in [5.41, 5.74) is 2.56. The van der Waals surface area contributed by atoms with E-state index in [1.165, 1.54) is 11.1 Å². The first-order valence-corrected chi connectivity index (χ1v) is 6.69. The fourth-order valence-electron chi connectivity index (χ4n) is 3.48. The Morgan fingerprint density at radius 2 is 2.11 bits per heavy atom. The molecule has 1 aliphatic heterocycles. The van der Waals surface area contributed by atoms with Gasteiger partial charge in [-0.2, -0.15) is 0 Å². The van der Waals surface area contributed by atoms with Gasteiger partial charge < -0.3 is 14.6 Å². The lowest BCUT2D eigenvalue weighted by Gasteiger charge is -2.45. The Balaban J connectivity index is 2.05. The van der Waals surface area contributed by atoms with E-state index in [1.807, 2.05) is 6.07 Å². The highest BCUT2D eigenvalue weighted by molar-refractivity contribution is 5.43. The van der Waals surface area contributed by atoms with E-state index in [-0.39, 0.29) is 11.5 Å². The van der Waals surface area contributed by atoms with E-state index < -0.39 is 0 Å². The third-order valence-electron chi connectivity index (χ3n) is 4.56. The van der Waals surface area contributed by atoms with Gasteiger partial charge in [-0.15, -0.1) is 0 Å². The molecule has 18 heavy (non-hydrogen) atoms. The zero-order valence-electron chi connectivity index (χ0n) is 10.8. The molecule has 0 aromatic heterocycles. The Hall–Kier alpha value is -1.06. The van der Waals surface area contributed by atoms with Crippen molar-refractivity contribution in [1.29, 1.82) is 0 Å². The maximum atomic E-state index is 10.5. The summed E-state index contributed by atoms with van der Waals surface area (Å²) in [6, 6.07) is 6.27. The average molecular weight is 248 g/mol. The number of hydrogen-bond donors (Lipinski definition) is 1. The van der Waals surface area contributed by atoms with Crippen LogP contribution >= 0.6 is 0 Å². The fourth-order valence-corrected chi connectivity index (χ4v) is 3.48. The molecule has 1 atom stereocenters. The number of aryl methyl sites for hydroxylation is 1. The summed E-state index contributed by atoms with van der Waals surface area (Å²) < 4.78 is 10.8. The van der Waals surface area contributed by atoms with Crippen molar-refractivity contribution in [3.8, 4) is 5.75 Å². The molecule has 1 aliphatic carbocycles. The van der Waals surface area contributed by atoms with Gasteiger partial charge in [0.25, 0.3) is 0 Å². The highest BCUT2D eigenvalue weighted by Crippen LogP contribution is 2.45. The van der Waals surface area contributed by atoms with Crippen molar-refractivity contribution >= 4 is 0 Å². The van der Waals surface area contributed by atoms with Crippen LogP contribution in [0, 0.1) is 0 Å². The van der Waals surface area contributed by atoms with Crippen molar-refractivity contribution in [3.63, 3.8) is 0 Å². The predicted octanol–water partition coefficient (Wildman–Crippen LogP) is 2.05. The molecule has 1 aromatic rings. The second-order valence-corrected chi connectivity index (χ2v) is 5.35. The average Bonchev–Trinajstić information content (AvgIpc) is 2.44. The third-order valence-corrected chi connectivity index (χ3v) is 4.56. The van der Waals surface area contributed by atoms with Gasteiger partial charge in [-0.25, -0.2) is 0 Å². The molecule has 1 unspecified atom stereocenters. The topological polar surface area (TPSA) is 38.7 Å². The van der Waals surface area contributed by atoms with Crippen molar-refractivity contribution in [2.24, 2.45) is 0 Å². The summed E-state index contributed by atoms with van der Waals surface area (Å²) in [4.78, 5) is 0. The van der Waals surface area contributed by atoms with Crippen LogP contribution in [0.1, 0.15) is 30.4 Å². The summed E-state index contributed by atoms with van der Waals surface area (Å²) in [5, 5.41) is 10.5. The van der Waals surface area contributed by atoms with Crippen LogP contribution in [0.2, 0.25) is 0 Å². The van der Waals surface area contributed by atoms with Crippen LogP contribution in [0.25, 0.3) is 0 Å². The number of methoxy groups -OCH3 is 1. The number of aliphatic hydroxyl groups is 1. The van der Waals surface area contributed by atoms with Crippen molar-refractivity contribution in [3.05, 3.63) is 29.3 Å². The maximum Gasteiger partial charge on any atom is 0.119 e. The normalized spacial score (nSPS) is 25.8. The molecule has 0 amide bonds. The molecule has 1 spiro atoms. The lowest BCUT2D eigenvalue weighted by Crippen LogP contribution is -2.47. The molecule has 3 nitrogen and oxygen atoms in total. The SMILES string of the molecule is COc1ccc2c(c1)CCC(O)C21CCOCC1. The minimum Gasteiger partial charge on any atom is -0.497 e. The number of fused-ring (bicyclic) bond motifs is 2. The van der Waals surface area contributed by atoms with Crippen molar-refractivity contribution < 1.29 is 14.6 Å². The molecule has 0 bridgehead atoms. The minimum atomic E-state index is -0.234. The molecule has 0 radical (unpaired) electrons. The Morgan fingerprint density at radius 1 is 1.33 bits per heavy atom. The molecule has 3 heteroatoms. The van der Waals surface area contributed by atoms with Crippen molar-refractivity contribution in [2.75, 3.05) is 20.3 Å². The molecule has 98 valence electrons. The van der Waals surface area contributed by atoms with Crippen LogP contribution in [-0.2, 0) is 16.6 Å². The van der Waals surface area contributed by atoms with Gasteiger partial charge in [0.1, 0.15) is 5.75 Å². The molecule has 1 heterocycles. The quantitative estimate of drug-likeness (QED) is 0.826. The second kappa shape index (κ2) is 4.56. The fraction of sp³-hybridized carbons (Fsp3) is 0.600. The zero-order valence-corrected chi connectivity index (χ0v) is 10.8. The maximum absolute atomic E-state index is 10.5. The van der Waals surface area contributed by atoms with E-state index in [9.17, 15) is 5.11 Å². The largest absolute Gasteiger partial charge is 0.497 e. The summed E-state index contributed by atoms with van der Waals surface area (Å²) >= 11 is 0. The van der Waals surface area contributed by atoms with Gasteiger partial charge in [-0.1, -0.05) is 6.07 Å². The van der Waals surface area contributed by atoms with Crippen LogP contribution in [0.3, 0.4) is 0 Å². The summed E-state index contributed by atoms with van der Waals surface area (Å²) in [7, 11) is 1.70. The standard InChI is InChI=1S/C15H20O3/c1-17-12-3-4-13-11(10-12)2-5-14(16)15(13)6-8-18-9-7-15/h3-4,10,14,16H,2,5-9H2,1H3. The highest BCUT2D eigenvalue weighted by atomic mass is 16.5. The molecular weight excluding hydrogens is 228 g/mol. The van der Waals surface area contributed by atoms with Gasteiger partial charge in [0.15, 0.2) is 0 Å². The first kappa shape index (κ1) is 12.0. The van der Waals surface area contributed by atoms with Gasteiger partial charge in [-0.05, 0) is 48.9 Å². The highest BCUT2D eigenvalue weighted by Gasteiger charge is 2.44. The molecule has 1 saturated heterocycles. The molecule has 1 N–H and O–H groups in total. The molecule has 3 rings (SSSR count). The molecule has 1 fully saturated rings. The van der Waals surface area contributed by atoms with E-state index >= 15 is 0 Å². The van der Waals surface area contributed by atoms with Crippen LogP contribution in [0.15, 0.2) is 18.2 Å². The Bertz CT molecular complexity index is 435. The Labute approximate surface area is 108 Å². The lowest BCUT2D eigenvalue weighted by molar-refractivity contribution is -0.0237. The van der Waals surface area contributed by atoms with Gasteiger partial charge in [-0.3, -0.25) is 0 Å². The third kappa shape index (κ3) is 1.73. The number of aliphatic hydroxyl groups excluding tert-OH is 1. The van der Waals surface area contributed by atoms with E-state index in [0.717, 1.165) is 44.6 Å². The van der Waals surface area contributed by atoms with Crippen LogP contribution < -0.4 is 4.74 Å². The monoisotopic (exact) mass is 248 g/mol. The summed E-state index contributed by atoms with van der Waals surface area (Å²) in [6.07, 6.45) is 3.40. The number of hydrogen-bond acceptors (Lipinski definition) is 3. The first-order valence-electron chi connectivity index (χ1n) is 6.69. The first-order chi connectivity index (χ1) is 8.76. The van der Waals surface area contributed by atoms with Crippen LogP contribution in [0.5, 0.6) is 5.75 Å². The summed E-state index contributed by atoms with van der Waals surface area (Å²) in [6.45, 7) is 1.51. The van der Waals surface area contributed by atoms with Crippen molar-refractivity contribution in [1.82, 2.24) is 0 Å². The smallest absolute Gasteiger partial charge is 0.119 e. The minimum absolute atomic E-state index is 0.0852. The molecular formula is C15H20O3. The molecule has 2 aliphatic rings. The van der Waals surface area contributed by atoms with Gasteiger partial charge in [0.05, 0.1) is 13.2 Å². The van der Waals surface area contributed by atoms with Crippen LogP contribution in [0.4, 0.5) is 0 Å². The van der Waals surface area contributed by atoms with Gasteiger partial charge >= 0.3 is 0 Å². The summed E-state index contributed by atoms with van der Waals surface area (Å²) in [5.74, 6) is 0.910. The Morgan fingerprint density at radius 3 is 2.83 bits per heavy atom. The molecule has 0 saturated carbocycles. The van der Waals surface area contributed by atoms with Crippen LogP contribution in [-0.4, -0.2) is 31.5 Å². The predicted molar refractivity (Wildman–Crippen MR) is 69.1 cm³/mol. The Kier molecular flexibility index (Phi) is 3.04. The number of ether oxygens (including phenoxy) is 2. The molecule has 1 aromatic carbocycles. The van der Waals surface area contributed by atoms with E-state index in [0.29, 0.717) is 0 Å².